The molecule has 0 rings (SSSR count). The molecule has 0 amide bonds. The fraction of sp³-hybridized carbons (Fsp3) is 0.955. The molecule has 31 heavy (non-hydrogen) atoms. The van der Waals surface area contributed by atoms with Crippen LogP contribution in [-0.4, -0.2) is 98.4 Å². The van der Waals surface area contributed by atoms with Crippen LogP contribution in [0.25, 0.3) is 0 Å². The van der Waals surface area contributed by atoms with Gasteiger partial charge in [0.1, 0.15) is 6.61 Å². The molecule has 0 aliphatic carbocycles. The number of hydrogen-bond acceptors (Lipinski definition) is 9. The highest BCUT2D eigenvalue weighted by Gasteiger charge is 2.16. The lowest BCUT2D eigenvalue weighted by molar-refractivity contribution is -0.150. The van der Waals surface area contributed by atoms with Gasteiger partial charge < -0.3 is 38.9 Å². The zero-order chi connectivity index (χ0) is 22.8. The Morgan fingerprint density at radius 3 is 1.39 bits per heavy atom. The van der Waals surface area contributed by atoms with Crippen molar-refractivity contribution in [3.8, 4) is 0 Å². The average Bonchev–Trinajstić information content (AvgIpc) is 2.78. The van der Waals surface area contributed by atoms with Gasteiger partial charge in [-0.2, -0.15) is 0 Å². The number of unbranched alkanes of at least 4 members (excludes halogenated alkanes) is 1. The van der Waals surface area contributed by atoms with E-state index in [0.717, 1.165) is 25.7 Å². The Morgan fingerprint density at radius 1 is 0.645 bits per heavy atom. The van der Waals surface area contributed by atoms with E-state index < -0.39 is 0 Å². The third kappa shape index (κ3) is 22.2. The summed E-state index contributed by atoms with van der Waals surface area (Å²) in [7, 11) is 0. The van der Waals surface area contributed by atoms with Crippen molar-refractivity contribution in [2.75, 3.05) is 92.4 Å². The summed E-state index contributed by atoms with van der Waals surface area (Å²) >= 11 is 0. The van der Waals surface area contributed by atoms with Gasteiger partial charge in [-0.25, -0.2) is 0 Å². The highest BCUT2D eigenvalue weighted by molar-refractivity contribution is 5.72. The Balaban J connectivity index is 3.21. The van der Waals surface area contributed by atoms with Crippen LogP contribution in [0.5, 0.6) is 0 Å². The summed E-state index contributed by atoms with van der Waals surface area (Å²) in [6, 6.07) is 0. The molecule has 0 radical (unpaired) electrons. The zero-order valence-electron chi connectivity index (χ0n) is 19.6. The standard InChI is InChI=1S/C22H45NO8/c1-3-5-6-21(4-2)22(24)31-20-19-30-18-17-29-16-15-28-14-13-27-12-11-26-10-9-25-8-7-23/h21H,3-20,23H2,1-2H3. The van der Waals surface area contributed by atoms with Crippen LogP contribution in [0.2, 0.25) is 0 Å². The zero-order valence-corrected chi connectivity index (χ0v) is 19.6. The molecular formula is C22H45NO8. The van der Waals surface area contributed by atoms with Crippen molar-refractivity contribution >= 4 is 5.97 Å². The fourth-order valence-corrected chi connectivity index (χ4v) is 2.54. The lowest BCUT2D eigenvalue weighted by Gasteiger charge is -2.13. The number of rotatable bonds is 25. The van der Waals surface area contributed by atoms with E-state index in [1.807, 2.05) is 6.92 Å². The number of carbonyl (C=O) groups excluding carboxylic acids is 1. The predicted molar refractivity (Wildman–Crippen MR) is 118 cm³/mol. The smallest absolute Gasteiger partial charge is 0.308 e. The molecule has 0 aromatic heterocycles. The molecule has 0 fully saturated rings. The largest absolute Gasteiger partial charge is 0.463 e. The number of nitrogens with two attached hydrogens (primary N) is 1. The topological polar surface area (TPSA) is 108 Å². The molecular weight excluding hydrogens is 406 g/mol. The second kappa shape index (κ2) is 25.5. The normalized spacial score (nSPS) is 12.2. The minimum absolute atomic E-state index is 0.00805. The number of ether oxygens (including phenoxy) is 7. The van der Waals surface area contributed by atoms with E-state index in [1.165, 1.54) is 0 Å². The molecule has 0 saturated heterocycles. The van der Waals surface area contributed by atoms with Crippen LogP contribution in [0, 0.1) is 5.92 Å². The van der Waals surface area contributed by atoms with Crippen LogP contribution >= 0.6 is 0 Å². The van der Waals surface area contributed by atoms with Gasteiger partial charge in [0.15, 0.2) is 0 Å². The molecule has 0 aliphatic rings. The van der Waals surface area contributed by atoms with Crippen LogP contribution in [0.1, 0.15) is 39.5 Å². The molecule has 9 heteroatoms. The summed E-state index contributed by atoms with van der Waals surface area (Å²) in [6.45, 7) is 11.1. The van der Waals surface area contributed by atoms with Gasteiger partial charge in [0.25, 0.3) is 0 Å². The van der Waals surface area contributed by atoms with E-state index >= 15 is 0 Å². The quantitative estimate of drug-likeness (QED) is 0.164. The van der Waals surface area contributed by atoms with Gasteiger partial charge >= 0.3 is 5.97 Å². The molecule has 9 nitrogen and oxygen atoms in total. The molecule has 0 saturated carbocycles. The van der Waals surface area contributed by atoms with Gasteiger partial charge in [-0.1, -0.05) is 26.7 Å². The Labute approximate surface area is 188 Å². The van der Waals surface area contributed by atoms with Crippen molar-refractivity contribution in [3.63, 3.8) is 0 Å². The van der Waals surface area contributed by atoms with E-state index in [0.29, 0.717) is 85.8 Å². The van der Waals surface area contributed by atoms with Crippen molar-refractivity contribution in [1.82, 2.24) is 0 Å². The fourth-order valence-electron chi connectivity index (χ4n) is 2.54. The molecule has 0 bridgehead atoms. The van der Waals surface area contributed by atoms with Gasteiger partial charge in [-0.15, -0.1) is 0 Å². The Morgan fingerprint density at radius 2 is 1.03 bits per heavy atom. The van der Waals surface area contributed by atoms with Gasteiger partial charge in [-0.3, -0.25) is 4.79 Å². The number of carbonyl (C=O) groups is 1. The SMILES string of the molecule is CCCCC(CC)C(=O)OCCOCCOCCOCCOCCOCCOCCN. The van der Waals surface area contributed by atoms with Crippen LogP contribution in [0.15, 0.2) is 0 Å². The third-order valence-electron chi connectivity index (χ3n) is 4.33. The monoisotopic (exact) mass is 451 g/mol. The van der Waals surface area contributed by atoms with Crippen molar-refractivity contribution in [2.45, 2.75) is 39.5 Å². The van der Waals surface area contributed by atoms with Crippen molar-refractivity contribution in [2.24, 2.45) is 11.7 Å². The first kappa shape index (κ1) is 30.2. The average molecular weight is 452 g/mol. The highest BCUT2D eigenvalue weighted by Crippen LogP contribution is 2.14. The van der Waals surface area contributed by atoms with E-state index in [2.05, 4.69) is 6.92 Å². The van der Waals surface area contributed by atoms with E-state index in [9.17, 15) is 4.79 Å². The van der Waals surface area contributed by atoms with Crippen LogP contribution in [0.3, 0.4) is 0 Å². The molecule has 0 spiro atoms. The predicted octanol–water partition coefficient (Wildman–Crippen LogP) is 1.80. The summed E-state index contributed by atoms with van der Waals surface area (Å²) in [6.07, 6.45) is 3.87. The molecule has 186 valence electrons. The molecule has 0 aromatic carbocycles. The van der Waals surface area contributed by atoms with E-state index in [1.54, 1.807) is 0 Å². The van der Waals surface area contributed by atoms with Crippen molar-refractivity contribution in [1.29, 1.82) is 0 Å². The Bertz CT molecular complexity index is 373. The maximum atomic E-state index is 11.9. The first-order valence-corrected chi connectivity index (χ1v) is 11.6. The van der Waals surface area contributed by atoms with Crippen LogP contribution < -0.4 is 5.73 Å². The third-order valence-corrected chi connectivity index (χ3v) is 4.33. The first-order chi connectivity index (χ1) is 15.3. The first-order valence-electron chi connectivity index (χ1n) is 11.6. The van der Waals surface area contributed by atoms with Crippen LogP contribution in [0.4, 0.5) is 0 Å². The van der Waals surface area contributed by atoms with E-state index in [-0.39, 0.29) is 18.5 Å². The summed E-state index contributed by atoms with van der Waals surface area (Å²) in [5.41, 5.74) is 5.31. The molecule has 1 unspecified atom stereocenters. The van der Waals surface area contributed by atoms with Gasteiger partial charge in [0.05, 0.1) is 85.2 Å². The van der Waals surface area contributed by atoms with E-state index in [4.69, 9.17) is 38.9 Å². The number of esters is 1. The lowest BCUT2D eigenvalue weighted by atomic mass is 10.00. The summed E-state index contributed by atoms with van der Waals surface area (Å²) < 4.78 is 37.4. The number of hydrogen-bond donors (Lipinski definition) is 1. The van der Waals surface area contributed by atoms with Crippen LogP contribution in [-0.2, 0) is 38.0 Å². The maximum absolute atomic E-state index is 11.9. The molecule has 2 N–H and O–H groups in total. The van der Waals surface area contributed by atoms with Gasteiger partial charge in [0, 0.05) is 6.54 Å². The molecule has 0 aliphatic heterocycles. The molecule has 0 aromatic rings. The summed E-state index contributed by atoms with van der Waals surface area (Å²) in [5, 5.41) is 0. The second-order valence-electron chi connectivity index (χ2n) is 6.88. The van der Waals surface area contributed by atoms with Gasteiger partial charge in [-0.05, 0) is 12.8 Å². The maximum Gasteiger partial charge on any atom is 0.308 e. The Kier molecular flexibility index (Phi) is 24.8. The van der Waals surface area contributed by atoms with Crippen molar-refractivity contribution in [3.05, 3.63) is 0 Å². The lowest BCUT2D eigenvalue weighted by Crippen LogP contribution is -2.20. The summed E-state index contributed by atoms with van der Waals surface area (Å²) in [4.78, 5) is 11.9. The Hall–Kier alpha value is -0.810. The van der Waals surface area contributed by atoms with Crippen molar-refractivity contribution < 1.29 is 38.0 Å². The molecule has 1 atom stereocenters. The highest BCUT2D eigenvalue weighted by atomic mass is 16.6. The minimum atomic E-state index is -0.114. The minimum Gasteiger partial charge on any atom is -0.463 e. The summed E-state index contributed by atoms with van der Waals surface area (Å²) in [5.74, 6) is -0.105. The van der Waals surface area contributed by atoms with Gasteiger partial charge in [0.2, 0.25) is 0 Å². The second-order valence-corrected chi connectivity index (χ2v) is 6.88. The molecule has 0 heterocycles.